The Morgan fingerprint density at radius 3 is 2.50 bits per heavy atom. The van der Waals surface area contributed by atoms with Gasteiger partial charge < -0.3 is 4.74 Å². The first-order valence-electron chi connectivity index (χ1n) is 5.41. The SMILES string of the molecule is CC(C)(C)C#C/C=C\OCc1ccccc1. The maximum absolute atomic E-state index is 5.35. The zero-order valence-corrected chi connectivity index (χ0v) is 10.2. The lowest BCUT2D eigenvalue weighted by Crippen LogP contribution is -1.98. The Balaban J connectivity index is 2.31. The van der Waals surface area contributed by atoms with Crippen LogP contribution in [0.1, 0.15) is 26.3 Å². The van der Waals surface area contributed by atoms with E-state index in [1.807, 2.05) is 30.3 Å². The summed E-state index contributed by atoms with van der Waals surface area (Å²) >= 11 is 0. The van der Waals surface area contributed by atoms with Gasteiger partial charge in [-0.15, -0.1) is 0 Å². The third-order valence-electron chi connectivity index (χ3n) is 1.79. The van der Waals surface area contributed by atoms with Gasteiger partial charge in [0.1, 0.15) is 6.61 Å². The maximum Gasteiger partial charge on any atom is 0.112 e. The van der Waals surface area contributed by atoms with Crippen molar-refractivity contribution in [3.63, 3.8) is 0 Å². The van der Waals surface area contributed by atoms with E-state index in [1.165, 1.54) is 0 Å². The fourth-order valence-electron chi connectivity index (χ4n) is 1.06. The number of benzene rings is 1. The van der Waals surface area contributed by atoms with Crippen LogP contribution in [0, 0.1) is 17.3 Å². The Morgan fingerprint density at radius 1 is 1.19 bits per heavy atom. The third-order valence-corrected chi connectivity index (χ3v) is 1.79. The van der Waals surface area contributed by atoms with Crippen LogP contribution in [0.25, 0.3) is 0 Å². The molecule has 0 saturated heterocycles. The fourth-order valence-corrected chi connectivity index (χ4v) is 1.06. The van der Waals surface area contributed by atoms with E-state index in [-0.39, 0.29) is 5.41 Å². The summed E-state index contributed by atoms with van der Waals surface area (Å²) in [6.07, 6.45) is 3.39. The average Bonchev–Trinajstić information content (AvgIpc) is 2.23. The molecule has 0 bridgehead atoms. The smallest absolute Gasteiger partial charge is 0.112 e. The minimum absolute atomic E-state index is 0.0454. The van der Waals surface area contributed by atoms with E-state index in [0.29, 0.717) is 6.61 Å². The summed E-state index contributed by atoms with van der Waals surface area (Å²) in [5.74, 6) is 6.06. The summed E-state index contributed by atoms with van der Waals surface area (Å²) in [4.78, 5) is 0. The van der Waals surface area contributed by atoms with Crippen molar-refractivity contribution in [2.75, 3.05) is 0 Å². The average molecular weight is 214 g/mol. The molecule has 0 heterocycles. The molecule has 0 fully saturated rings. The summed E-state index contributed by atoms with van der Waals surface area (Å²) in [7, 11) is 0. The third kappa shape index (κ3) is 5.93. The molecule has 1 aromatic carbocycles. The number of allylic oxidation sites excluding steroid dienone is 1. The van der Waals surface area contributed by atoms with Crippen LogP contribution in [0.5, 0.6) is 0 Å². The van der Waals surface area contributed by atoms with E-state index < -0.39 is 0 Å². The normalized spacial score (nSPS) is 10.9. The molecule has 0 N–H and O–H groups in total. The van der Waals surface area contributed by atoms with Crippen LogP contribution < -0.4 is 0 Å². The Morgan fingerprint density at radius 2 is 1.88 bits per heavy atom. The van der Waals surface area contributed by atoms with Crippen molar-refractivity contribution in [2.45, 2.75) is 27.4 Å². The zero-order valence-electron chi connectivity index (χ0n) is 10.2. The number of hydrogen-bond acceptors (Lipinski definition) is 1. The van der Waals surface area contributed by atoms with Crippen molar-refractivity contribution < 1.29 is 4.74 Å². The Bertz CT molecular complexity index is 385. The molecule has 1 heteroatoms. The van der Waals surface area contributed by atoms with Gasteiger partial charge in [-0.2, -0.15) is 0 Å². The van der Waals surface area contributed by atoms with E-state index in [2.05, 4.69) is 32.6 Å². The van der Waals surface area contributed by atoms with Crippen LogP contribution in [-0.2, 0) is 11.3 Å². The first-order valence-corrected chi connectivity index (χ1v) is 5.41. The van der Waals surface area contributed by atoms with Gasteiger partial charge >= 0.3 is 0 Å². The van der Waals surface area contributed by atoms with Crippen molar-refractivity contribution in [3.05, 3.63) is 48.2 Å². The minimum Gasteiger partial charge on any atom is -0.496 e. The molecule has 1 aromatic rings. The highest BCUT2D eigenvalue weighted by Gasteiger charge is 2.02. The van der Waals surface area contributed by atoms with E-state index >= 15 is 0 Å². The molecular weight excluding hydrogens is 196 g/mol. The molecule has 16 heavy (non-hydrogen) atoms. The van der Waals surface area contributed by atoms with Crippen molar-refractivity contribution in [2.24, 2.45) is 5.41 Å². The molecule has 0 aliphatic carbocycles. The second-order valence-electron chi connectivity index (χ2n) is 4.62. The first kappa shape index (κ1) is 12.4. The molecule has 0 aliphatic rings. The second-order valence-corrected chi connectivity index (χ2v) is 4.62. The highest BCUT2D eigenvalue weighted by molar-refractivity contribution is 5.18. The van der Waals surface area contributed by atoms with E-state index in [9.17, 15) is 0 Å². The molecule has 0 saturated carbocycles. The lowest BCUT2D eigenvalue weighted by Gasteiger charge is -2.05. The summed E-state index contributed by atoms with van der Waals surface area (Å²) in [5, 5.41) is 0. The molecule has 84 valence electrons. The predicted molar refractivity (Wildman–Crippen MR) is 67.6 cm³/mol. The molecular formula is C15H18O. The minimum atomic E-state index is 0.0454. The largest absolute Gasteiger partial charge is 0.496 e. The van der Waals surface area contributed by atoms with E-state index in [4.69, 9.17) is 4.74 Å². The van der Waals surface area contributed by atoms with Gasteiger partial charge in [0.05, 0.1) is 6.26 Å². The van der Waals surface area contributed by atoms with Crippen LogP contribution >= 0.6 is 0 Å². The molecule has 0 spiro atoms. The molecule has 0 unspecified atom stereocenters. The van der Waals surface area contributed by atoms with Gasteiger partial charge in [0.15, 0.2) is 0 Å². The molecule has 0 aromatic heterocycles. The van der Waals surface area contributed by atoms with E-state index in [1.54, 1.807) is 12.3 Å². The van der Waals surface area contributed by atoms with Crippen LogP contribution in [0.4, 0.5) is 0 Å². The number of ether oxygens (including phenoxy) is 1. The summed E-state index contributed by atoms with van der Waals surface area (Å²) in [6, 6.07) is 10.1. The molecule has 0 atom stereocenters. The van der Waals surface area contributed by atoms with Crippen LogP contribution in [-0.4, -0.2) is 0 Å². The van der Waals surface area contributed by atoms with Crippen LogP contribution in [0.15, 0.2) is 42.7 Å². The topological polar surface area (TPSA) is 9.23 Å². The molecule has 0 radical (unpaired) electrons. The van der Waals surface area contributed by atoms with Crippen molar-refractivity contribution in [1.82, 2.24) is 0 Å². The van der Waals surface area contributed by atoms with Crippen LogP contribution in [0.2, 0.25) is 0 Å². The van der Waals surface area contributed by atoms with Gasteiger partial charge in [-0.25, -0.2) is 0 Å². The molecule has 1 rings (SSSR count). The quantitative estimate of drug-likeness (QED) is 0.550. The van der Waals surface area contributed by atoms with Gasteiger partial charge in [0, 0.05) is 11.5 Å². The number of hydrogen-bond donors (Lipinski definition) is 0. The highest BCUT2D eigenvalue weighted by atomic mass is 16.5. The molecule has 0 amide bonds. The Hall–Kier alpha value is -1.68. The lowest BCUT2D eigenvalue weighted by atomic mass is 9.98. The molecule has 1 nitrogen and oxygen atoms in total. The van der Waals surface area contributed by atoms with Gasteiger partial charge in [0.25, 0.3) is 0 Å². The standard InChI is InChI=1S/C15H18O/c1-15(2,3)11-7-8-12-16-13-14-9-5-4-6-10-14/h4-6,8-10,12H,13H2,1-3H3/b12-8-. The fraction of sp³-hybridized carbons (Fsp3) is 0.333. The Kier molecular flexibility index (Phi) is 4.66. The maximum atomic E-state index is 5.35. The highest BCUT2D eigenvalue weighted by Crippen LogP contribution is 2.09. The summed E-state index contributed by atoms with van der Waals surface area (Å²) < 4.78 is 5.35. The first-order chi connectivity index (χ1) is 7.58. The summed E-state index contributed by atoms with van der Waals surface area (Å²) in [6.45, 7) is 6.84. The van der Waals surface area contributed by atoms with Crippen molar-refractivity contribution in [1.29, 1.82) is 0 Å². The Labute approximate surface area is 98.1 Å². The monoisotopic (exact) mass is 214 g/mol. The van der Waals surface area contributed by atoms with Crippen LogP contribution in [0.3, 0.4) is 0 Å². The van der Waals surface area contributed by atoms with Crippen molar-refractivity contribution in [3.8, 4) is 11.8 Å². The second kappa shape index (κ2) is 6.02. The predicted octanol–water partition coefficient (Wildman–Crippen LogP) is 3.77. The van der Waals surface area contributed by atoms with Gasteiger partial charge in [-0.1, -0.05) is 42.2 Å². The zero-order chi connectivity index (χ0) is 11.9. The summed E-state index contributed by atoms with van der Waals surface area (Å²) in [5.41, 5.74) is 1.21. The van der Waals surface area contributed by atoms with E-state index in [0.717, 1.165) is 5.56 Å². The van der Waals surface area contributed by atoms with Crippen molar-refractivity contribution >= 4 is 0 Å². The van der Waals surface area contributed by atoms with Gasteiger partial charge in [0.2, 0.25) is 0 Å². The van der Waals surface area contributed by atoms with Gasteiger partial charge in [-0.05, 0) is 26.3 Å². The van der Waals surface area contributed by atoms with Gasteiger partial charge in [-0.3, -0.25) is 0 Å². The molecule has 0 aliphatic heterocycles. The lowest BCUT2D eigenvalue weighted by molar-refractivity contribution is 0.236. The number of rotatable bonds is 3.